The molecular formula is C3H5F2O2. The van der Waals surface area contributed by atoms with Gasteiger partial charge in [-0.1, -0.05) is 0 Å². The van der Waals surface area contributed by atoms with Gasteiger partial charge in [-0.25, -0.2) is 0 Å². The number of halogens is 2. The van der Waals surface area contributed by atoms with E-state index in [1.165, 1.54) is 0 Å². The average molecular weight is 111 g/mol. The normalized spacial score (nSPS) is 12.0. The Hall–Kier alpha value is -0.220. The standard InChI is InChI=1S/C3H5F2O2/c1-7-2-3(4,5)6/h2H2,1H3. The van der Waals surface area contributed by atoms with Crippen LogP contribution >= 0.6 is 0 Å². The van der Waals surface area contributed by atoms with Crippen molar-refractivity contribution in [2.24, 2.45) is 0 Å². The average Bonchev–Trinajstić information content (AvgIpc) is 1.30. The van der Waals surface area contributed by atoms with Crippen LogP contribution in [0.1, 0.15) is 0 Å². The summed E-state index contributed by atoms with van der Waals surface area (Å²) in [6.07, 6.45) is -3.92. The molecule has 0 aromatic heterocycles. The maximum absolute atomic E-state index is 11.0. The molecule has 0 amide bonds. The molecule has 4 heteroatoms. The van der Waals surface area contributed by atoms with Crippen molar-refractivity contribution < 1.29 is 18.6 Å². The lowest BCUT2D eigenvalue weighted by Gasteiger charge is -2.01. The van der Waals surface area contributed by atoms with E-state index in [1.807, 2.05) is 0 Å². The zero-order chi connectivity index (χ0) is 5.91. The van der Waals surface area contributed by atoms with E-state index in [1.54, 1.807) is 0 Å². The maximum Gasteiger partial charge on any atom is 0.404 e. The predicted molar refractivity (Wildman–Crippen MR) is 17.5 cm³/mol. The molecule has 1 radical (unpaired) electrons. The summed E-state index contributed by atoms with van der Waals surface area (Å²) >= 11 is 0. The van der Waals surface area contributed by atoms with Crippen LogP contribution in [0.5, 0.6) is 0 Å². The van der Waals surface area contributed by atoms with E-state index in [4.69, 9.17) is 0 Å². The first-order valence-electron chi connectivity index (χ1n) is 1.63. The molecule has 0 spiro atoms. The highest BCUT2D eigenvalue weighted by molar-refractivity contribution is 4.40. The Balaban J connectivity index is 3.15. The Bertz CT molecular complexity index is 49.4. The van der Waals surface area contributed by atoms with Crippen molar-refractivity contribution in [3.63, 3.8) is 0 Å². The highest BCUT2D eigenvalue weighted by Gasteiger charge is 2.25. The van der Waals surface area contributed by atoms with Crippen molar-refractivity contribution in [1.82, 2.24) is 0 Å². The van der Waals surface area contributed by atoms with Crippen molar-refractivity contribution in [3.05, 3.63) is 0 Å². The lowest BCUT2D eigenvalue weighted by atomic mass is 10.7. The van der Waals surface area contributed by atoms with Crippen molar-refractivity contribution in [2.75, 3.05) is 13.7 Å². The first kappa shape index (κ1) is 6.78. The van der Waals surface area contributed by atoms with Gasteiger partial charge in [0.2, 0.25) is 0 Å². The first-order chi connectivity index (χ1) is 3.06. The van der Waals surface area contributed by atoms with Crippen molar-refractivity contribution in [1.29, 1.82) is 0 Å². The summed E-state index contributed by atoms with van der Waals surface area (Å²) in [7, 11) is 1.05. The van der Waals surface area contributed by atoms with Gasteiger partial charge in [-0.3, -0.25) is 0 Å². The molecule has 0 aliphatic rings. The van der Waals surface area contributed by atoms with E-state index < -0.39 is 12.7 Å². The van der Waals surface area contributed by atoms with E-state index in [0.29, 0.717) is 0 Å². The molecule has 0 aromatic rings. The highest BCUT2D eigenvalue weighted by Crippen LogP contribution is 2.07. The van der Waals surface area contributed by atoms with Gasteiger partial charge in [0, 0.05) is 7.11 Å². The van der Waals surface area contributed by atoms with E-state index in [-0.39, 0.29) is 0 Å². The Morgan fingerprint density at radius 3 is 2.14 bits per heavy atom. The third-order valence-electron chi connectivity index (χ3n) is 0.312. The minimum atomic E-state index is -3.92. The van der Waals surface area contributed by atoms with E-state index in [9.17, 15) is 13.9 Å². The molecule has 0 saturated heterocycles. The monoisotopic (exact) mass is 111 g/mol. The summed E-state index contributed by atoms with van der Waals surface area (Å²) in [6, 6.07) is 0. The van der Waals surface area contributed by atoms with Gasteiger partial charge in [-0.05, 0) is 0 Å². The van der Waals surface area contributed by atoms with Gasteiger partial charge in [0.05, 0.1) is 0 Å². The van der Waals surface area contributed by atoms with E-state index >= 15 is 0 Å². The summed E-state index contributed by atoms with van der Waals surface area (Å²) in [5, 5.41) is 9.25. The van der Waals surface area contributed by atoms with Crippen LogP contribution in [0.3, 0.4) is 0 Å². The molecule has 0 atom stereocenters. The molecule has 0 bridgehead atoms. The zero-order valence-electron chi connectivity index (χ0n) is 3.78. The Labute approximate surface area is 39.7 Å². The Kier molecular flexibility index (Phi) is 2.11. The molecule has 0 aliphatic carbocycles. The summed E-state index contributed by atoms with van der Waals surface area (Å²) in [4.78, 5) is 0. The number of hydrogen-bond acceptors (Lipinski definition) is 1. The Morgan fingerprint density at radius 2 is 2.14 bits per heavy atom. The third-order valence-corrected chi connectivity index (χ3v) is 0.312. The van der Waals surface area contributed by atoms with Crippen molar-refractivity contribution in [2.45, 2.75) is 6.11 Å². The Morgan fingerprint density at radius 1 is 1.71 bits per heavy atom. The van der Waals surface area contributed by atoms with Gasteiger partial charge < -0.3 is 4.74 Å². The molecule has 2 nitrogen and oxygen atoms in total. The van der Waals surface area contributed by atoms with Crippen molar-refractivity contribution >= 4 is 0 Å². The minimum Gasteiger partial charge on any atom is -0.376 e. The maximum atomic E-state index is 11.0. The van der Waals surface area contributed by atoms with Gasteiger partial charge in [0.15, 0.2) is 0 Å². The molecule has 0 fully saturated rings. The van der Waals surface area contributed by atoms with Crippen LogP contribution in [0, 0.1) is 0 Å². The molecule has 0 unspecified atom stereocenters. The fraction of sp³-hybridized carbons (Fsp3) is 1.00. The molecule has 0 aromatic carbocycles. The summed E-state index contributed by atoms with van der Waals surface area (Å²) < 4.78 is 25.9. The third kappa shape index (κ3) is 5.78. The number of alkyl halides is 2. The zero-order valence-corrected chi connectivity index (χ0v) is 3.78. The lowest BCUT2D eigenvalue weighted by molar-refractivity contribution is -0.264. The van der Waals surface area contributed by atoms with Crippen LogP contribution in [-0.4, -0.2) is 19.8 Å². The smallest absolute Gasteiger partial charge is 0.376 e. The second-order valence-corrected chi connectivity index (χ2v) is 1.07. The van der Waals surface area contributed by atoms with Crippen LogP contribution in [0.25, 0.3) is 0 Å². The molecule has 0 aliphatic heterocycles. The quantitative estimate of drug-likeness (QED) is 0.514. The molecule has 0 heterocycles. The second kappa shape index (κ2) is 2.18. The first-order valence-corrected chi connectivity index (χ1v) is 1.63. The second-order valence-electron chi connectivity index (χ2n) is 1.07. The van der Waals surface area contributed by atoms with Gasteiger partial charge in [-0.2, -0.15) is 13.9 Å². The largest absolute Gasteiger partial charge is 0.404 e. The number of rotatable bonds is 2. The van der Waals surface area contributed by atoms with Crippen molar-refractivity contribution in [3.8, 4) is 0 Å². The summed E-state index contributed by atoms with van der Waals surface area (Å²) in [5.74, 6) is 0. The number of hydrogen-bond donors (Lipinski definition) is 0. The molecule has 7 heavy (non-hydrogen) atoms. The van der Waals surface area contributed by atoms with Crippen LogP contribution in [0.15, 0.2) is 0 Å². The molecular weight excluding hydrogens is 106 g/mol. The molecule has 0 saturated carbocycles. The summed E-state index contributed by atoms with van der Waals surface area (Å²) in [5.41, 5.74) is 0. The minimum absolute atomic E-state index is 1.05. The molecule has 0 N–H and O–H groups in total. The highest BCUT2D eigenvalue weighted by atomic mass is 19.3. The predicted octanol–water partition coefficient (Wildman–Crippen LogP) is 0.656. The lowest BCUT2D eigenvalue weighted by Crippen LogP contribution is -2.19. The molecule has 43 valence electrons. The SMILES string of the molecule is COCC([O])(F)F. The van der Waals surface area contributed by atoms with Crippen LogP contribution in [-0.2, 0) is 9.84 Å². The van der Waals surface area contributed by atoms with Crippen LogP contribution in [0.4, 0.5) is 8.78 Å². The van der Waals surface area contributed by atoms with Gasteiger partial charge in [0.1, 0.15) is 6.61 Å². The topological polar surface area (TPSA) is 29.1 Å². The molecule has 0 rings (SSSR count). The van der Waals surface area contributed by atoms with Gasteiger partial charge in [-0.15, -0.1) is 0 Å². The van der Waals surface area contributed by atoms with Crippen LogP contribution in [0.2, 0.25) is 0 Å². The van der Waals surface area contributed by atoms with Gasteiger partial charge in [0.25, 0.3) is 0 Å². The fourth-order valence-corrected chi connectivity index (χ4v) is 0.168. The van der Waals surface area contributed by atoms with Crippen LogP contribution < -0.4 is 0 Å². The van der Waals surface area contributed by atoms with E-state index in [2.05, 4.69) is 4.74 Å². The fourth-order valence-electron chi connectivity index (χ4n) is 0.168. The number of ether oxygens (including phenoxy) is 1. The van der Waals surface area contributed by atoms with E-state index in [0.717, 1.165) is 7.11 Å². The summed E-state index contributed by atoms with van der Waals surface area (Å²) in [6.45, 7) is -1.05. The van der Waals surface area contributed by atoms with Gasteiger partial charge >= 0.3 is 6.11 Å². The number of methoxy groups -OCH3 is 1.